The predicted octanol–water partition coefficient (Wildman–Crippen LogP) is 4.84. The molecule has 2 heterocycles. The SMILES string of the molecule is Cc1c(C(=O)N2CCCCC2C)oc2c1/C(=N/NC(=O)c1ccccc1Br)CCC2. The molecular weight excluding hydrogens is 446 g/mol. The summed E-state index contributed by atoms with van der Waals surface area (Å²) in [6, 6.07) is 7.46. The first-order valence-corrected chi connectivity index (χ1v) is 11.3. The number of hydrogen-bond donors (Lipinski definition) is 1. The Morgan fingerprint density at radius 3 is 2.77 bits per heavy atom. The molecule has 1 fully saturated rings. The molecule has 4 rings (SSSR count). The molecule has 30 heavy (non-hydrogen) atoms. The van der Waals surface area contributed by atoms with Gasteiger partial charge in [0.15, 0.2) is 5.76 Å². The van der Waals surface area contributed by atoms with Crippen molar-refractivity contribution in [2.75, 3.05) is 6.54 Å². The van der Waals surface area contributed by atoms with Crippen molar-refractivity contribution in [3.8, 4) is 0 Å². The number of aryl methyl sites for hydroxylation is 1. The quantitative estimate of drug-likeness (QED) is 0.650. The third-order valence-electron chi connectivity index (χ3n) is 5.99. The van der Waals surface area contributed by atoms with Crippen LogP contribution < -0.4 is 5.43 Å². The van der Waals surface area contributed by atoms with Crippen LogP contribution in [0.15, 0.2) is 38.3 Å². The number of fused-ring (bicyclic) bond motifs is 1. The molecule has 0 spiro atoms. The zero-order chi connectivity index (χ0) is 21.3. The van der Waals surface area contributed by atoms with Crippen molar-refractivity contribution >= 4 is 33.5 Å². The third-order valence-corrected chi connectivity index (χ3v) is 6.69. The van der Waals surface area contributed by atoms with Crippen LogP contribution in [0.1, 0.15) is 76.8 Å². The maximum absolute atomic E-state index is 13.2. The van der Waals surface area contributed by atoms with Crippen molar-refractivity contribution in [3.63, 3.8) is 0 Å². The highest BCUT2D eigenvalue weighted by Gasteiger charge is 2.32. The lowest BCUT2D eigenvalue weighted by atomic mass is 9.93. The fraction of sp³-hybridized carbons (Fsp3) is 0.435. The Kier molecular flexibility index (Phi) is 6.09. The molecule has 6 nitrogen and oxygen atoms in total. The lowest BCUT2D eigenvalue weighted by molar-refractivity contribution is 0.0600. The number of rotatable bonds is 3. The zero-order valence-corrected chi connectivity index (χ0v) is 18.9. The van der Waals surface area contributed by atoms with E-state index < -0.39 is 0 Å². The normalized spacial score (nSPS) is 20.2. The number of piperidine rings is 1. The summed E-state index contributed by atoms with van der Waals surface area (Å²) in [5.74, 6) is 0.897. The van der Waals surface area contributed by atoms with Gasteiger partial charge in [0.05, 0.1) is 11.3 Å². The van der Waals surface area contributed by atoms with Crippen LogP contribution in [0.3, 0.4) is 0 Å². The van der Waals surface area contributed by atoms with E-state index in [1.54, 1.807) is 6.07 Å². The van der Waals surface area contributed by atoms with Gasteiger partial charge in [-0.05, 0) is 74.0 Å². The van der Waals surface area contributed by atoms with Gasteiger partial charge in [-0.15, -0.1) is 0 Å². The first-order valence-electron chi connectivity index (χ1n) is 10.5. The van der Waals surface area contributed by atoms with E-state index in [2.05, 4.69) is 33.4 Å². The van der Waals surface area contributed by atoms with Gasteiger partial charge in [-0.2, -0.15) is 5.10 Å². The number of amides is 2. The zero-order valence-electron chi connectivity index (χ0n) is 17.3. The van der Waals surface area contributed by atoms with Gasteiger partial charge in [0.25, 0.3) is 11.8 Å². The summed E-state index contributed by atoms with van der Waals surface area (Å²) in [6.07, 6.45) is 5.60. The van der Waals surface area contributed by atoms with Gasteiger partial charge < -0.3 is 9.32 Å². The first kappa shape index (κ1) is 20.8. The van der Waals surface area contributed by atoms with E-state index in [1.807, 2.05) is 30.0 Å². The Hall–Kier alpha value is -2.41. The van der Waals surface area contributed by atoms with Crippen LogP contribution in [0.5, 0.6) is 0 Å². The van der Waals surface area contributed by atoms with Crippen LogP contribution in [-0.4, -0.2) is 35.0 Å². The predicted molar refractivity (Wildman–Crippen MR) is 119 cm³/mol. The average molecular weight is 472 g/mol. The number of furan rings is 1. The molecule has 1 atom stereocenters. The van der Waals surface area contributed by atoms with Crippen molar-refractivity contribution < 1.29 is 14.0 Å². The second-order valence-electron chi connectivity index (χ2n) is 8.03. The minimum absolute atomic E-state index is 0.0364. The molecule has 0 radical (unpaired) electrons. The summed E-state index contributed by atoms with van der Waals surface area (Å²) in [4.78, 5) is 27.6. The fourth-order valence-electron chi connectivity index (χ4n) is 4.34. The van der Waals surface area contributed by atoms with Crippen molar-refractivity contribution in [2.24, 2.45) is 5.10 Å². The Labute approximate surface area is 184 Å². The molecular formula is C23H26BrN3O3. The van der Waals surface area contributed by atoms with E-state index in [0.717, 1.165) is 72.1 Å². The highest BCUT2D eigenvalue weighted by molar-refractivity contribution is 9.10. The van der Waals surface area contributed by atoms with Gasteiger partial charge in [0, 0.05) is 34.6 Å². The summed E-state index contributed by atoms with van der Waals surface area (Å²) in [5.41, 5.74) is 5.66. The number of halogens is 1. The maximum atomic E-state index is 13.2. The third kappa shape index (κ3) is 3.95. The van der Waals surface area contributed by atoms with Gasteiger partial charge >= 0.3 is 0 Å². The number of benzene rings is 1. The number of nitrogens with zero attached hydrogens (tertiary/aromatic N) is 2. The summed E-state index contributed by atoms with van der Waals surface area (Å²) in [6.45, 7) is 4.79. The van der Waals surface area contributed by atoms with Gasteiger partial charge in [0.1, 0.15) is 5.76 Å². The molecule has 7 heteroatoms. The van der Waals surface area contributed by atoms with E-state index in [-0.39, 0.29) is 17.9 Å². The Morgan fingerprint density at radius 1 is 1.20 bits per heavy atom. The Bertz CT molecular complexity index is 1010. The largest absolute Gasteiger partial charge is 0.455 e. The van der Waals surface area contributed by atoms with Crippen LogP contribution in [0.2, 0.25) is 0 Å². The fourth-order valence-corrected chi connectivity index (χ4v) is 4.80. The van der Waals surface area contributed by atoms with Gasteiger partial charge in [-0.3, -0.25) is 9.59 Å². The molecule has 1 aromatic carbocycles. The van der Waals surface area contributed by atoms with Crippen LogP contribution >= 0.6 is 15.9 Å². The average Bonchev–Trinajstić information content (AvgIpc) is 3.09. The molecule has 1 saturated heterocycles. The number of nitrogens with one attached hydrogen (secondary N) is 1. The summed E-state index contributed by atoms with van der Waals surface area (Å²) in [5, 5.41) is 4.41. The van der Waals surface area contributed by atoms with E-state index in [9.17, 15) is 9.59 Å². The molecule has 0 saturated carbocycles. The van der Waals surface area contributed by atoms with E-state index >= 15 is 0 Å². The van der Waals surface area contributed by atoms with Gasteiger partial charge in [-0.1, -0.05) is 12.1 Å². The molecule has 2 aromatic rings. The molecule has 0 bridgehead atoms. The number of hydrazone groups is 1. The molecule has 1 unspecified atom stereocenters. The van der Waals surface area contributed by atoms with E-state index in [4.69, 9.17) is 4.42 Å². The topological polar surface area (TPSA) is 74.9 Å². The minimum Gasteiger partial charge on any atom is -0.455 e. The maximum Gasteiger partial charge on any atom is 0.290 e. The summed E-state index contributed by atoms with van der Waals surface area (Å²) in [7, 11) is 0. The standard InChI is InChI=1S/C23H26BrN3O3/c1-14-8-5-6-13-27(14)23(29)21-15(2)20-18(11-7-12-19(20)30-21)25-26-22(28)16-9-3-4-10-17(16)24/h3-4,9-10,14H,5-8,11-13H2,1-2H3,(H,26,28)/b25-18+. The van der Waals surface area contributed by atoms with E-state index in [0.29, 0.717) is 11.3 Å². The second-order valence-corrected chi connectivity index (χ2v) is 8.88. The highest BCUT2D eigenvalue weighted by atomic mass is 79.9. The molecule has 1 aromatic heterocycles. The number of carbonyl (C=O) groups is 2. The number of carbonyl (C=O) groups excluding carboxylic acids is 2. The molecule has 1 aliphatic carbocycles. The van der Waals surface area contributed by atoms with Crippen LogP contribution in [0.4, 0.5) is 0 Å². The number of likely N-dealkylation sites (tertiary alicyclic amines) is 1. The Morgan fingerprint density at radius 2 is 2.00 bits per heavy atom. The van der Waals surface area contributed by atoms with Crippen LogP contribution in [0, 0.1) is 6.92 Å². The summed E-state index contributed by atoms with van der Waals surface area (Å²) >= 11 is 3.40. The molecule has 1 N–H and O–H groups in total. The Balaban J connectivity index is 1.60. The minimum atomic E-state index is -0.276. The first-order chi connectivity index (χ1) is 14.5. The lowest BCUT2D eigenvalue weighted by Gasteiger charge is -2.32. The molecule has 2 aliphatic rings. The molecule has 158 valence electrons. The van der Waals surface area contributed by atoms with Gasteiger partial charge in [0.2, 0.25) is 0 Å². The van der Waals surface area contributed by atoms with Crippen LogP contribution in [-0.2, 0) is 6.42 Å². The highest BCUT2D eigenvalue weighted by Crippen LogP contribution is 2.31. The number of hydrogen-bond acceptors (Lipinski definition) is 4. The van der Waals surface area contributed by atoms with Gasteiger partial charge in [-0.25, -0.2) is 5.43 Å². The summed E-state index contributed by atoms with van der Waals surface area (Å²) < 4.78 is 6.77. The van der Waals surface area contributed by atoms with Crippen molar-refractivity contribution in [3.05, 3.63) is 56.9 Å². The van der Waals surface area contributed by atoms with Crippen molar-refractivity contribution in [2.45, 2.75) is 58.4 Å². The molecule has 2 amide bonds. The second kappa shape index (κ2) is 8.76. The van der Waals surface area contributed by atoms with E-state index in [1.165, 1.54) is 0 Å². The molecule has 1 aliphatic heterocycles. The lowest BCUT2D eigenvalue weighted by Crippen LogP contribution is -2.42. The van der Waals surface area contributed by atoms with Crippen molar-refractivity contribution in [1.29, 1.82) is 0 Å². The van der Waals surface area contributed by atoms with Crippen molar-refractivity contribution in [1.82, 2.24) is 10.3 Å². The monoisotopic (exact) mass is 471 g/mol. The van der Waals surface area contributed by atoms with Crippen LogP contribution in [0.25, 0.3) is 0 Å². The smallest absolute Gasteiger partial charge is 0.290 e.